The van der Waals surface area contributed by atoms with Crippen molar-refractivity contribution in [2.45, 2.75) is 26.2 Å². The molecule has 0 aliphatic rings. The van der Waals surface area contributed by atoms with Gasteiger partial charge in [-0.15, -0.1) is 10.2 Å². The van der Waals surface area contributed by atoms with Gasteiger partial charge in [-0.05, 0) is 55.7 Å². The van der Waals surface area contributed by atoms with Crippen molar-refractivity contribution in [1.29, 1.82) is 0 Å². The summed E-state index contributed by atoms with van der Waals surface area (Å²) in [7, 11) is 0. The molecule has 2 N–H and O–H groups in total. The van der Waals surface area contributed by atoms with Crippen LogP contribution in [0.15, 0.2) is 72.1 Å². The van der Waals surface area contributed by atoms with Crippen LogP contribution in [0.3, 0.4) is 0 Å². The molecule has 160 valence electrons. The molecule has 3 heterocycles. The molecule has 0 unspecified atom stereocenters. The van der Waals surface area contributed by atoms with Gasteiger partial charge in [0.25, 0.3) is 0 Å². The van der Waals surface area contributed by atoms with Gasteiger partial charge < -0.3 is 10.6 Å². The molecule has 1 aromatic carbocycles. The number of fused-ring (bicyclic) bond motifs is 1. The number of nitrogens with zero attached hydrogens (tertiary/aromatic N) is 6. The largest absolute Gasteiger partial charge is 0.357 e. The normalized spacial score (nSPS) is 11.7. The van der Waals surface area contributed by atoms with E-state index in [1.165, 1.54) is 5.56 Å². The maximum absolute atomic E-state index is 4.70. The second kappa shape index (κ2) is 10.4. The molecule has 3 aromatic heterocycles. The van der Waals surface area contributed by atoms with E-state index in [9.17, 15) is 0 Å². The highest BCUT2D eigenvalue weighted by molar-refractivity contribution is 5.79. The Morgan fingerprint density at radius 1 is 0.968 bits per heavy atom. The molecule has 8 nitrogen and oxygen atoms in total. The summed E-state index contributed by atoms with van der Waals surface area (Å²) in [4.78, 5) is 4.70. The number of aliphatic imine (C=N–C) groups is 1. The number of aryl methyl sites for hydroxylation is 1. The second-order valence-corrected chi connectivity index (χ2v) is 7.20. The molecule has 31 heavy (non-hydrogen) atoms. The van der Waals surface area contributed by atoms with Gasteiger partial charge in [-0.2, -0.15) is 5.10 Å². The molecule has 0 radical (unpaired) electrons. The Labute approximate surface area is 182 Å². The zero-order valence-electron chi connectivity index (χ0n) is 17.8. The highest BCUT2D eigenvalue weighted by Gasteiger charge is 2.04. The van der Waals surface area contributed by atoms with Crippen LogP contribution >= 0.6 is 0 Å². The number of pyridine rings is 1. The van der Waals surface area contributed by atoms with Gasteiger partial charge >= 0.3 is 0 Å². The van der Waals surface area contributed by atoms with Crippen molar-refractivity contribution in [2.75, 3.05) is 19.6 Å². The molecule has 0 spiro atoms. The maximum atomic E-state index is 4.70. The fourth-order valence-corrected chi connectivity index (χ4v) is 3.39. The van der Waals surface area contributed by atoms with E-state index in [1.54, 1.807) is 6.20 Å². The molecule has 0 saturated heterocycles. The Bertz CT molecular complexity index is 1100. The first kappa shape index (κ1) is 20.6. The van der Waals surface area contributed by atoms with E-state index >= 15 is 0 Å². The predicted octanol–water partition coefficient (Wildman–Crippen LogP) is 2.65. The van der Waals surface area contributed by atoms with Gasteiger partial charge in [-0.25, -0.2) is 4.68 Å². The molecule has 0 bridgehead atoms. The smallest absolute Gasteiger partial charge is 0.191 e. The lowest BCUT2D eigenvalue weighted by atomic mass is 10.1. The minimum atomic E-state index is 0.732. The van der Waals surface area contributed by atoms with E-state index in [2.05, 4.69) is 57.1 Å². The number of hydrogen-bond acceptors (Lipinski definition) is 4. The molecule has 0 aliphatic heterocycles. The zero-order valence-corrected chi connectivity index (χ0v) is 17.8. The van der Waals surface area contributed by atoms with E-state index in [1.807, 2.05) is 45.7 Å². The quantitative estimate of drug-likeness (QED) is 0.249. The number of guanidine groups is 1. The third-order valence-electron chi connectivity index (χ3n) is 4.97. The van der Waals surface area contributed by atoms with Crippen LogP contribution in [0, 0.1) is 0 Å². The Balaban J connectivity index is 1.24. The molecule has 0 aliphatic carbocycles. The van der Waals surface area contributed by atoms with Crippen molar-refractivity contribution in [3.8, 4) is 5.69 Å². The van der Waals surface area contributed by atoms with Crippen molar-refractivity contribution in [1.82, 2.24) is 35.0 Å². The van der Waals surface area contributed by atoms with Crippen LogP contribution < -0.4 is 10.6 Å². The summed E-state index contributed by atoms with van der Waals surface area (Å²) in [6.45, 7) is 4.46. The molecule has 4 aromatic rings. The number of benzene rings is 1. The molecule has 0 fully saturated rings. The van der Waals surface area contributed by atoms with Crippen LogP contribution in [0.25, 0.3) is 11.3 Å². The van der Waals surface area contributed by atoms with E-state index in [0.29, 0.717) is 0 Å². The highest BCUT2D eigenvalue weighted by atomic mass is 15.3. The Morgan fingerprint density at radius 2 is 1.87 bits per heavy atom. The van der Waals surface area contributed by atoms with Crippen LogP contribution in [0.2, 0.25) is 0 Å². The molecular weight excluding hydrogens is 388 g/mol. The van der Waals surface area contributed by atoms with Gasteiger partial charge in [-0.3, -0.25) is 9.39 Å². The lowest BCUT2D eigenvalue weighted by Crippen LogP contribution is -2.38. The first-order valence-corrected chi connectivity index (χ1v) is 10.7. The fourth-order valence-electron chi connectivity index (χ4n) is 3.39. The first-order chi connectivity index (χ1) is 15.3. The fraction of sp³-hybridized carbons (Fsp3) is 0.304. The highest BCUT2D eigenvalue weighted by Crippen LogP contribution is 2.09. The van der Waals surface area contributed by atoms with Crippen LogP contribution in [-0.4, -0.2) is 50.0 Å². The lowest BCUT2D eigenvalue weighted by Gasteiger charge is -2.11. The maximum Gasteiger partial charge on any atom is 0.191 e. The summed E-state index contributed by atoms with van der Waals surface area (Å²) in [6, 6.07) is 16.3. The molecule has 8 heteroatoms. The van der Waals surface area contributed by atoms with Gasteiger partial charge in [0.1, 0.15) is 5.82 Å². The van der Waals surface area contributed by atoms with Crippen LogP contribution in [0.1, 0.15) is 24.7 Å². The number of aromatic nitrogens is 5. The topological polar surface area (TPSA) is 84.4 Å². The van der Waals surface area contributed by atoms with E-state index in [-0.39, 0.29) is 0 Å². The van der Waals surface area contributed by atoms with E-state index < -0.39 is 0 Å². The summed E-state index contributed by atoms with van der Waals surface area (Å²) >= 11 is 0. The SMILES string of the molecule is CCNC(=NCCCc1nnc2ccccn12)NCCc1ccc(-n2cccn2)cc1. The molecule has 0 amide bonds. The van der Waals surface area contributed by atoms with Gasteiger partial charge in [0, 0.05) is 44.6 Å². The van der Waals surface area contributed by atoms with Crippen molar-refractivity contribution in [3.63, 3.8) is 0 Å². The van der Waals surface area contributed by atoms with Crippen molar-refractivity contribution in [3.05, 3.63) is 78.5 Å². The Morgan fingerprint density at radius 3 is 2.68 bits per heavy atom. The molecule has 0 atom stereocenters. The van der Waals surface area contributed by atoms with E-state index in [4.69, 9.17) is 4.99 Å². The number of rotatable bonds is 9. The minimum Gasteiger partial charge on any atom is -0.357 e. The second-order valence-electron chi connectivity index (χ2n) is 7.20. The van der Waals surface area contributed by atoms with Gasteiger partial charge in [-0.1, -0.05) is 18.2 Å². The third kappa shape index (κ3) is 5.48. The number of nitrogens with one attached hydrogen (secondary N) is 2. The molecule has 4 rings (SSSR count). The average molecular weight is 417 g/mol. The first-order valence-electron chi connectivity index (χ1n) is 10.7. The van der Waals surface area contributed by atoms with Gasteiger partial charge in [0.05, 0.1) is 5.69 Å². The third-order valence-corrected chi connectivity index (χ3v) is 4.97. The van der Waals surface area contributed by atoms with Crippen molar-refractivity contribution >= 4 is 11.6 Å². The van der Waals surface area contributed by atoms with Gasteiger partial charge in [0.15, 0.2) is 11.6 Å². The summed E-state index contributed by atoms with van der Waals surface area (Å²) < 4.78 is 3.89. The lowest BCUT2D eigenvalue weighted by molar-refractivity contribution is 0.750. The van der Waals surface area contributed by atoms with Crippen LogP contribution in [0.4, 0.5) is 0 Å². The average Bonchev–Trinajstić information content (AvgIpc) is 3.48. The zero-order chi connectivity index (χ0) is 21.3. The molecule has 0 saturated carbocycles. The summed E-state index contributed by atoms with van der Waals surface area (Å²) in [5.74, 6) is 1.82. The van der Waals surface area contributed by atoms with E-state index in [0.717, 1.165) is 62.0 Å². The minimum absolute atomic E-state index is 0.732. The Hall–Kier alpha value is -3.68. The molecular formula is C23H28N8. The van der Waals surface area contributed by atoms with Crippen molar-refractivity contribution in [2.24, 2.45) is 4.99 Å². The summed E-state index contributed by atoms with van der Waals surface area (Å²) in [5.41, 5.74) is 3.23. The monoisotopic (exact) mass is 416 g/mol. The number of hydrogen-bond donors (Lipinski definition) is 2. The summed E-state index contributed by atoms with van der Waals surface area (Å²) in [5, 5.41) is 19.5. The van der Waals surface area contributed by atoms with Gasteiger partial charge in [0.2, 0.25) is 0 Å². The summed E-state index contributed by atoms with van der Waals surface area (Å²) in [6.07, 6.45) is 8.42. The van der Waals surface area contributed by atoms with Crippen molar-refractivity contribution < 1.29 is 0 Å². The Kier molecular flexibility index (Phi) is 6.89. The van der Waals surface area contributed by atoms with Crippen LogP contribution in [-0.2, 0) is 12.8 Å². The van der Waals surface area contributed by atoms with Crippen LogP contribution in [0.5, 0.6) is 0 Å². The standard InChI is InChI=1S/C23H28N8/c1-2-24-23(25-14-5-8-22-29-28-21-7-3-4-17-30(21)22)26-16-13-19-9-11-20(12-10-19)31-18-6-15-27-31/h3-4,6-7,9-12,15,17-18H,2,5,8,13-14,16H2,1H3,(H2,24,25,26). The predicted molar refractivity (Wildman–Crippen MR) is 123 cm³/mol.